The fraction of sp³-hybridized carbons (Fsp3) is 0.800. The van der Waals surface area contributed by atoms with Crippen molar-refractivity contribution >= 4 is 31.9 Å². The van der Waals surface area contributed by atoms with Crippen molar-refractivity contribution in [3.8, 4) is 0 Å². The highest BCUT2D eigenvalue weighted by Crippen LogP contribution is 2.38. The van der Waals surface area contributed by atoms with Crippen LogP contribution in [0, 0.1) is 5.92 Å². The Kier molecular flexibility index (Phi) is 4.98. The van der Waals surface area contributed by atoms with E-state index in [0.29, 0.717) is 18.8 Å². The molecule has 2 aliphatic heterocycles. The van der Waals surface area contributed by atoms with Crippen molar-refractivity contribution < 1.29 is 23.9 Å². The summed E-state index contributed by atoms with van der Waals surface area (Å²) >= 11 is 1.35. The number of hydrogen-bond acceptors (Lipinski definition) is 6. The minimum absolute atomic E-state index is 0.0207. The van der Waals surface area contributed by atoms with E-state index in [9.17, 15) is 14.5 Å². The largest absolute Gasteiger partial charge is 0.694 e. The van der Waals surface area contributed by atoms with Gasteiger partial charge in [-0.3, -0.25) is 0 Å². The average molecular weight is 322 g/mol. The third-order valence-electron chi connectivity index (χ3n) is 3.35. The van der Waals surface area contributed by atoms with Gasteiger partial charge in [0.15, 0.2) is 0 Å². The lowest BCUT2D eigenvalue weighted by molar-refractivity contribution is 0.130. The van der Waals surface area contributed by atoms with Gasteiger partial charge in [0.1, 0.15) is 12.4 Å². The fourth-order valence-electron chi connectivity index (χ4n) is 2.19. The molecule has 4 N–H and O–H groups in total. The van der Waals surface area contributed by atoms with Crippen LogP contribution in [0.3, 0.4) is 0 Å². The highest BCUT2D eigenvalue weighted by molar-refractivity contribution is 8.00. The quantitative estimate of drug-likeness (QED) is 0.634. The Bertz CT molecular complexity index is 449. The van der Waals surface area contributed by atoms with E-state index >= 15 is 0 Å². The second-order valence-electron chi connectivity index (χ2n) is 4.84. The van der Waals surface area contributed by atoms with E-state index < -0.39 is 20.4 Å². The van der Waals surface area contributed by atoms with E-state index in [0.717, 1.165) is 0 Å². The summed E-state index contributed by atoms with van der Waals surface area (Å²) in [7, 11) is -2.68. The van der Waals surface area contributed by atoms with Crippen LogP contribution in [-0.2, 0) is 9.09 Å². The van der Waals surface area contributed by atoms with Crippen LogP contribution in [0.15, 0.2) is 4.99 Å². The van der Waals surface area contributed by atoms with Gasteiger partial charge in [0.2, 0.25) is 0 Å². The third-order valence-corrected chi connectivity index (χ3v) is 5.28. The smallest absolute Gasteiger partial charge is 0.392 e. The predicted molar refractivity (Wildman–Crippen MR) is 74.5 cm³/mol. The summed E-state index contributed by atoms with van der Waals surface area (Å²) in [5.74, 6) is 0.305. The molecule has 112 valence electrons. The Morgan fingerprint density at radius 2 is 2.35 bits per heavy atom. The Morgan fingerprint density at radius 3 is 3.00 bits per heavy atom. The first-order valence-corrected chi connectivity index (χ1v) is 8.23. The van der Waals surface area contributed by atoms with Gasteiger partial charge in [0.05, 0.1) is 16.7 Å². The van der Waals surface area contributed by atoms with Crippen molar-refractivity contribution in [1.29, 1.82) is 0 Å². The SMILES string of the molecule is CC1CN(C2CC(O)C(CO[P+](=O)O)S2)C(=O)N=C1N. The number of nitrogens with zero attached hydrogens (tertiary/aromatic N) is 2. The number of aliphatic imine (C=N–C) groups is 1. The van der Waals surface area contributed by atoms with Crippen molar-refractivity contribution in [2.24, 2.45) is 16.6 Å². The van der Waals surface area contributed by atoms with Crippen molar-refractivity contribution in [3.63, 3.8) is 0 Å². The molecule has 0 aromatic rings. The molecule has 0 spiro atoms. The molecule has 5 unspecified atom stereocenters. The zero-order chi connectivity index (χ0) is 14.9. The minimum atomic E-state index is -2.68. The number of aliphatic hydroxyl groups is 1. The Morgan fingerprint density at radius 1 is 1.65 bits per heavy atom. The fourth-order valence-corrected chi connectivity index (χ4v) is 4.05. The van der Waals surface area contributed by atoms with Crippen LogP contribution >= 0.6 is 20.0 Å². The number of rotatable bonds is 4. The molecule has 0 bridgehead atoms. The Hall–Kier alpha value is -0.730. The van der Waals surface area contributed by atoms with E-state index in [2.05, 4.69) is 9.52 Å². The first kappa shape index (κ1) is 15.7. The lowest BCUT2D eigenvalue weighted by atomic mass is 10.1. The molecule has 8 nitrogen and oxygen atoms in total. The number of carbonyl (C=O) groups is 1. The first-order valence-electron chi connectivity index (χ1n) is 6.15. The standard InChI is InChI=1S/C10H16N3O5PS/c1-5-3-13(10(15)12-9(5)11)8-2-6(14)7(20-8)4-18-19(16)17/h5-8,14H,2-4H2,1H3,(H2-,11,12,15,16,17)/p+1. The summed E-state index contributed by atoms with van der Waals surface area (Å²) in [6.07, 6.45) is -0.305. The van der Waals surface area contributed by atoms with Crippen LogP contribution < -0.4 is 5.73 Å². The maximum atomic E-state index is 11.9. The van der Waals surface area contributed by atoms with Crippen LogP contribution in [0.5, 0.6) is 0 Å². The number of urea groups is 1. The second kappa shape index (κ2) is 6.36. The highest BCUT2D eigenvalue weighted by atomic mass is 32.2. The van der Waals surface area contributed by atoms with Crippen LogP contribution in [0.2, 0.25) is 0 Å². The average Bonchev–Trinajstić information content (AvgIpc) is 2.72. The molecule has 0 saturated carbocycles. The number of carbonyl (C=O) groups excluding carboxylic acids is 1. The summed E-state index contributed by atoms with van der Waals surface area (Å²) in [6, 6.07) is -0.403. The van der Waals surface area contributed by atoms with Gasteiger partial charge >= 0.3 is 14.3 Å². The summed E-state index contributed by atoms with van der Waals surface area (Å²) < 4.78 is 15.1. The molecular formula is C10H17N3O5PS+. The molecule has 0 radical (unpaired) electrons. The summed E-state index contributed by atoms with van der Waals surface area (Å²) in [6.45, 7) is 2.31. The van der Waals surface area contributed by atoms with E-state index in [4.69, 9.17) is 10.6 Å². The summed E-state index contributed by atoms with van der Waals surface area (Å²) in [5.41, 5.74) is 5.63. The molecule has 2 aliphatic rings. The molecule has 2 heterocycles. The van der Waals surface area contributed by atoms with Gasteiger partial charge in [-0.1, -0.05) is 6.92 Å². The molecule has 1 saturated heterocycles. The zero-order valence-electron chi connectivity index (χ0n) is 10.9. The lowest BCUT2D eigenvalue weighted by Crippen LogP contribution is -2.46. The predicted octanol–water partition coefficient (Wildman–Crippen LogP) is 0.274. The molecular weight excluding hydrogens is 305 g/mol. The summed E-state index contributed by atoms with van der Waals surface area (Å²) in [5, 5.41) is 9.38. The molecule has 0 aromatic carbocycles. The molecule has 0 aromatic heterocycles. The van der Waals surface area contributed by atoms with Gasteiger partial charge in [-0.25, -0.2) is 4.79 Å². The van der Waals surface area contributed by atoms with Gasteiger partial charge in [0, 0.05) is 23.4 Å². The topological polar surface area (TPSA) is 125 Å². The maximum absolute atomic E-state index is 11.9. The molecule has 10 heteroatoms. The third kappa shape index (κ3) is 3.48. The zero-order valence-corrected chi connectivity index (χ0v) is 12.6. The van der Waals surface area contributed by atoms with Crippen molar-refractivity contribution in [1.82, 2.24) is 4.90 Å². The normalized spacial score (nSPS) is 35.1. The molecule has 20 heavy (non-hydrogen) atoms. The van der Waals surface area contributed by atoms with E-state index in [1.807, 2.05) is 6.92 Å². The maximum Gasteiger partial charge on any atom is 0.694 e. The molecule has 5 atom stereocenters. The number of amides is 2. The second-order valence-corrected chi connectivity index (χ2v) is 6.99. The van der Waals surface area contributed by atoms with Crippen molar-refractivity contribution in [2.75, 3.05) is 13.2 Å². The van der Waals surface area contributed by atoms with Gasteiger partial charge in [0.25, 0.3) is 0 Å². The number of thioether (sulfide) groups is 1. The highest BCUT2D eigenvalue weighted by Gasteiger charge is 2.41. The lowest BCUT2D eigenvalue weighted by Gasteiger charge is -2.32. The van der Waals surface area contributed by atoms with Gasteiger partial charge in [-0.15, -0.1) is 21.2 Å². The molecule has 2 amide bonds. The van der Waals surface area contributed by atoms with Crippen LogP contribution in [0.25, 0.3) is 0 Å². The van der Waals surface area contributed by atoms with E-state index in [-0.39, 0.29) is 23.1 Å². The minimum Gasteiger partial charge on any atom is -0.392 e. The summed E-state index contributed by atoms with van der Waals surface area (Å²) in [4.78, 5) is 25.8. The Balaban J connectivity index is 1.98. The molecule has 1 fully saturated rings. The molecule has 2 rings (SSSR count). The van der Waals surface area contributed by atoms with Crippen LogP contribution in [0.1, 0.15) is 13.3 Å². The van der Waals surface area contributed by atoms with E-state index in [1.54, 1.807) is 4.90 Å². The van der Waals surface area contributed by atoms with Gasteiger partial charge < -0.3 is 15.7 Å². The monoisotopic (exact) mass is 322 g/mol. The number of aliphatic hydroxyl groups excluding tert-OH is 1. The first-order chi connectivity index (χ1) is 9.38. The van der Waals surface area contributed by atoms with Crippen LogP contribution in [-0.4, -0.2) is 56.6 Å². The number of hydrogen-bond donors (Lipinski definition) is 3. The van der Waals surface area contributed by atoms with Gasteiger partial charge in [-0.05, 0) is 0 Å². The van der Waals surface area contributed by atoms with Crippen LogP contribution in [0.4, 0.5) is 4.79 Å². The van der Waals surface area contributed by atoms with E-state index in [1.165, 1.54) is 11.8 Å². The van der Waals surface area contributed by atoms with Crippen molar-refractivity contribution in [3.05, 3.63) is 0 Å². The molecule has 0 aliphatic carbocycles. The number of nitrogens with two attached hydrogens (primary N) is 1. The van der Waals surface area contributed by atoms with Gasteiger partial charge in [-0.2, -0.15) is 4.99 Å². The Labute approximate surface area is 121 Å². The van der Waals surface area contributed by atoms with Crippen molar-refractivity contribution in [2.45, 2.75) is 30.1 Å². The number of amidine groups is 1.